The first-order valence-corrected chi connectivity index (χ1v) is 12.4. The number of hydrogen-bond donors (Lipinski definition) is 7. The molecule has 3 rings (SSSR count). The molecule has 0 aliphatic carbocycles. The van der Waals surface area contributed by atoms with E-state index in [4.69, 9.17) is 25.2 Å². The number of nitrogens with zero attached hydrogens (tertiary/aromatic N) is 4. The number of nitrogen functional groups attached to an aromatic ring is 1. The Balaban J connectivity index is 0.00000363. The first kappa shape index (κ1) is 27.4. The van der Waals surface area contributed by atoms with Gasteiger partial charge in [0.25, 0.3) is 0 Å². The summed E-state index contributed by atoms with van der Waals surface area (Å²) in [4.78, 5) is 47.2. The van der Waals surface area contributed by atoms with E-state index in [0.29, 0.717) is 0 Å². The van der Waals surface area contributed by atoms with Crippen LogP contribution in [0.5, 0.6) is 0 Å². The van der Waals surface area contributed by atoms with Crippen LogP contribution in [0.1, 0.15) is 6.23 Å². The van der Waals surface area contributed by atoms with E-state index in [1.807, 2.05) is 0 Å². The van der Waals surface area contributed by atoms with E-state index < -0.39 is 54.6 Å². The Labute approximate surface area is 188 Å². The smallest absolute Gasteiger partial charge is 0.387 e. The molecule has 2 unspecified atom stereocenters. The second kappa shape index (κ2) is 9.80. The van der Waals surface area contributed by atoms with Gasteiger partial charge in [0.05, 0.1) is 12.9 Å². The number of aromatic nitrogens is 4. The summed E-state index contributed by atoms with van der Waals surface area (Å²) in [5.74, 6) is 0.0426. The van der Waals surface area contributed by atoms with E-state index >= 15 is 0 Å². The summed E-state index contributed by atoms with van der Waals surface area (Å²) in [5, 5.41) is 20.4. The number of rotatable bonds is 8. The topological polar surface area (TPSA) is 279 Å². The molecule has 3 heterocycles. The van der Waals surface area contributed by atoms with Gasteiger partial charge >= 0.3 is 40.5 Å². The zero-order valence-corrected chi connectivity index (χ0v) is 19.1. The Bertz CT molecular complexity index is 1110. The molecule has 8 N–H and O–H groups in total. The van der Waals surface area contributed by atoms with Crippen molar-refractivity contribution >= 4 is 40.4 Å². The number of phosphoric ester groups is 1. The minimum Gasteiger partial charge on any atom is -0.387 e. The second-order valence-electron chi connectivity index (χ2n) is 6.02. The van der Waals surface area contributed by atoms with Gasteiger partial charge in [-0.15, -0.1) is 0 Å². The van der Waals surface area contributed by atoms with Gasteiger partial charge in [0, 0.05) is 0 Å². The second-order valence-corrected chi connectivity index (χ2v) is 10.4. The Morgan fingerprint density at radius 1 is 1.03 bits per heavy atom. The van der Waals surface area contributed by atoms with Gasteiger partial charge in [-0.2, -0.15) is 8.62 Å². The zero-order chi connectivity index (χ0) is 23.2. The third-order valence-corrected chi connectivity index (χ3v) is 7.62. The number of phosphoric acid groups is 3. The molecule has 2 aromatic rings. The molecule has 0 amide bonds. The molecule has 18 nitrogen and oxygen atoms in total. The quantitative estimate of drug-likeness (QED) is 0.140. The van der Waals surface area contributed by atoms with Crippen molar-refractivity contribution in [3.63, 3.8) is 0 Å². The van der Waals surface area contributed by atoms with Gasteiger partial charge in [0.2, 0.25) is 0 Å². The van der Waals surface area contributed by atoms with Gasteiger partial charge in [-0.1, -0.05) is 0 Å². The number of aliphatic hydroxyl groups excluding tert-OH is 2. The van der Waals surface area contributed by atoms with Crippen molar-refractivity contribution in [1.29, 1.82) is 0 Å². The summed E-state index contributed by atoms with van der Waals surface area (Å²) in [7, 11) is -16.7. The Kier molecular flexibility index (Phi) is 8.39. The standard InChI is InChI=1S/C10H16N5O13P3.Fe/c11-8-5-9(13-2-12-8)15(3-14-5)10-7(17)6(16)4(26-10)1-25-30(21,22)28-31(23,24)27-29(18,19)20;/h2-4,6-7,10,16-17H,1H2,(H,21,22)(H,23,24)(H2,11,12,13)(H2,18,19,20);/q;+3/t4-,6-,7-,10-;/m1./s1. The van der Waals surface area contributed by atoms with Gasteiger partial charge in [-0.25, -0.2) is 28.6 Å². The van der Waals surface area contributed by atoms with E-state index in [9.17, 15) is 28.8 Å². The Morgan fingerprint density at radius 2 is 1.69 bits per heavy atom. The minimum absolute atomic E-state index is 0. The van der Waals surface area contributed by atoms with Crippen LogP contribution in [0.3, 0.4) is 0 Å². The van der Waals surface area contributed by atoms with Crippen molar-refractivity contribution in [2.75, 3.05) is 12.3 Å². The number of fused-ring (bicyclic) bond motifs is 1. The molecule has 1 aliphatic heterocycles. The normalized spacial score (nSPS) is 27.6. The summed E-state index contributed by atoms with van der Waals surface area (Å²) < 4.78 is 51.9. The summed E-state index contributed by atoms with van der Waals surface area (Å²) in [6, 6.07) is 0. The molecular weight excluding hydrogens is 547 g/mol. The molecule has 0 aromatic carbocycles. The van der Waals surface area contributed by atoms with Crippen molar-refractivity contribution < 1.29 is 78.4 Å². The maximum atomic E-state index is 11.8. The monoisotopic (exact) mass is 563 g/mol. The molecule has 6 atom stereocenters. The fourth-order valence-electron chi connectivity index (χ4n) is 2.62. The van der Waals surface area contributed by atoms with E-state index in [1.165, 1.54) is 10.9 Å². The predicted octanol–water partition coefficient (Wildman–Crippen LogP) is -1.63. The average Bonchev–Trinajstić information content (AvgIpc) is 3.13. The molecule has 1 aliphatic rings. The molecule has 0 saturated carbocycles. The van der Waals surface area contributed by atoms with Gasteiger partial charge in [-0.05, 0) is 0 Å². The fraction of sp³-hybridized carbons (Fsp3) is 0.500. The number of imidazole rings is 1. The number of ether oxygens (including phenoxy) is 1. The largest absolute Gasteiger partial charge is 3.00 e. The summed E-state index contributed by atoms with van der Waals surface area (Å²) >= 11 is 0. The maximum absolute atomic E-state index is 11.8. The van der Waals surface area contributed by atoms with Crippen molar-refractivity contribution in [3.05, 3.63) is 12.7 Å². The third kappa shape index (κ3) is 6.39. The molecule has 1 fully saturated rings. The number of hydrogen-bond acceptors (Lipinski definition) is 13. The predicted molar refractivity (Wildman–Crippen MR) is 95.5 cm³/mol. The first-order chi connectivity index (χ1) is 14.2. The molecule has 32 heavy (non-hydrogen) atoms. The van der Waals surface area contributed by atoms with Crippen LogP contribution in [0.2, 0.25) is 0 Å². The minimum atomic E-state index is -5.70. The number of aliphatic hydroxyl groups is 2. The summed E-state index contributed by atoms with van der Waals surface area (Å²) in [5.41, 5.74) is 6.00. The SMILES string of the molecule is Nc1ncnc2c1ncn2[C@@H]1O[C@H](COP(=O)(O)OP(=O)(O)OP(=O)(O)O)[C@@H](O)[C@H]1O.[Fe+3]. The van der Waals surface area contributed by atoms with Gasteiger partial charge in [-0.3, -0.25) is 9.09 Å². The van der Waals surface area contributed by atoms with E-state index in [0.717, 1.165) is 6.33 Å². The Hall–Kier alpha value is -0.841. The number of anilines is 1. The van der Waals surface area contributed by atoms with E-state index in [2.05, 4.69) is 28.1 Å². The maximum Gasteiger partial charge on any atom is 3.00 e. The first-order valence-electron chi connectivity index (χ1n) is 7.92. The van der Waals surface area contributed by atoms with Crippen LogP contribution in [0.25, 0.3) is 11.2 Å². The van der Waals surface area contributed by atoms with Gasteiger partial charge < -0.3 is 40.3 Å². The van der Waals surface area contributed by atoms with Gasteiger partial charge in [0.15, 0.2) is 17.7 Å². The van der Waals surface area contributed by atoms with Crippen LogP contribution < -0.4 is 5.73 Å². The fourth-order valence-corrected chi connectivity index (χ4v) is 5.65. The van der Waals surface area contributed by atoms with Crippen molar-refractivity contribution in [3.8, 4) is 0 Å². The molecule has 2 aromatic heterocycles. The molecule has 0 bridgehead atoms. The van der Waals surface area contributed by atoms with Crippen LogP contribution in [0.15, 0.2) is 12.7 Å². The van der Waals surface area contributed by atoms with Gasteiger partial charge in [0.1, 0.15) is 30.2 Å². The molecule has 1 radical (unpaired) electrons. The van der Waals surface area contributed by atoms with Crippen LogP contribution in [0.4, 0.5) is 5.82 Å². The number of nitrogens with two attached hydrogens (primary N) is 1. The van der Waals surface area contributed by atoms with Crippen LogP contribution in [-0.4, -0.2) is 74.2 Å². The average molecular weight is 563 g/mol. The van der Waals surface area contributed by atoms with Crippen molar-refractivity contribution in [2.24, 2.45) is 0 Å². The van der Waals surface area contributed by atoms with Crippen molar-refractivity contribution in [1.82, 2.24) is 19.5 Å². The zero-order valence-electron chi connectivity index (χ0n) is 15.3. The third-order valence-electron chi connectivity index (χ3n) is 3.82. The van der Waals surface area contributed by atoms with E-state index in [-0.39, 0.29) is 34.1 Å². The van der Waals surface area contributed by atoms with Crippen LogP contribution >= 0.6 is 23.5 Å². The summed E-state index contributed by atoms with van der Waals surface area (Å²) in [6.07, 6.45) is -3.69. The summed E-state index contributed by atoms with van der Waals surface area (Å²) in [6.45, 7) is -0.956. The molecular formula is C10H16FeN5O13P3+3. The molecule has 22 heteroatoms. The molecule has 0 spiro atoms. The van der Waals surface area contributed by atoms with Crippen molar-refractivity contribution in [2.45, 2.75) is 24.5 Å². The Morgan fingerprint density at radius 3 is 2.31 bits per heavy atom. The van der Waals surface area contributed by atoms with Crippen LogP contribution in [0, 0.1) is 0 Å². The van der Waals surface area contributed by atoms with Crippen LogP contribution in [-0.2, 0) is 48.6 Å². The molecule has 1 saturated heterocycles. The molecule has 179 valence electrons. The van der Waals surface area contributed by atoms with E-state index in [1.54, 1.807) is 0 Å².